The summed E-state index contributed by atoms with van der Waals surface area (Å²) in [5.41, 5.74) is 1.35. The minimum atomic E-state index is -0.489. The van der Waals surface area contributed by atoms with E-state index in [1.807, 2.05) is 36.9 Å². The Hall–Kier alpha value is -3.13. The molecule has 0 radical (unpaired) electrons. The Morgan fingerprint density at radius 3 is 2.78 bits per heavy atom. The number of nitro groups is 1. The molecule has 2 aromatic rings. The Kier molecular flexibility index (Phi) is 5.56. The Morgan fingerprint density at radius 1 is 1.26 bits per heavy atom. The van der Waals surface area contributed by atoms with Crippen LogP contribution in [0.4, 0.5) is 11.4 Å². The average molecular weight is 371 g/mol. The van der Waals surface area contributed by atoms with Crippen LogP contribution in [0.2, 0.25) is 0 Å². The van der Waals surface area contributed by atoms with Crippen LogP contribution in [-0.2, 0) is 11.3 Å². The summed E-state index contributed by atoms with van der Waals surface area (Å²) in [5.74, 6) is 1.20. The van der Waals surface area contributed by atoms with Crippen molar-refractivity contribution in [1.29, 1.82) is 0 Å². The summed E-state index contributed by atoms with van der Waals surface area (Å²) in [7, 11) is 0. The van der Waals surface area contributed by atoms with E-state index in [9.17, 15) is 14.9 Å². The summed E-state index contributed by atoms with van der Waals surface area (Å²) in [6.45, 7) is 5.24. The molecule has 1 aliphatic heterocycles. The Labute approximate surface area is 156 Å². The van der Waals surface area contributed by atoms with Gasteiger partial charge in [-0.1, -0.05) is 19.1 Å². The average Bonchev–Trinajstić information content (AvgIpc) is 3.13. The van der Waals surface area contributed by atoms with Crippen LogP contribution in [0.1, 0.15) is 19.4 Å². The molecule has 0 fully saturated rings. The lowest BCUT2D eigenvalue weighted by atomic mass is 10.1. The van der Waals surface area contributed by atoms with Crippen LogP contribution < -0.4 is 14.8 Å². The van der Waals surface area contributed by atoms with E-state index in [0.717, 1.165) is 11.3 Å². The first-order valence-corrected chi connectivity index (χ1v) is 8.66. The van der Waals surface area contributed by atoms with Crippen LogP contribution in [0, 0.1) is 10.1 Å². The minimum Gasteiger partial charge on any atom is -0.454 e. The predicted molar refractivity (Wildman–Crippen MR) is 99.8 cm³/mol. The highest BCUT2D eigenvalue weighted by Crippen LogP contribution is 2.33. The molecular formula is C19H21N3O5. The van der Waals surface area contributed by atoms with Crippen LogP contribution in [0.5, 0.6) is 11.5 Å². The van der Waals surface area contributed by atoms with Crippen LogP contribution in [0.25, 0.3) is 0 Å². The first-order valence-electron chi connectivity index (χ1n) is 8.66. The number of carbonyl (C=O) groups is 1. The number of anilines is 1. The molecule has 27 heavy (non-hydrogen) atoms. The van der Waals surface area contributed by atoms with Crippen LogP contribution >= 0.6 is 0 Å². The number of hydrogen-bond acceptors (Lipinski definition) is 6. The summed E-state index contributed by atoms with van der Waals surface area (Å²) in [4.78, 5) is 25.0. The number of nitrogens with zero attached hydrogens (tertiary/aromatic N) is 2. The van der Waals surface area contributed by atoms with Gasteiger partial charge in [-0.2, -0.15) is 0 Å². The fourth-order valence-corrected chi connectivity index (χ4v) is 2.91. The van der Waals surface area contributed by atoms with E-state index in [2.05, 4.69) is 5.32 Å². The topological polar surface area (TPSA) is 93.9 Å². The number of amides is 1. The Balaban J connectivity index is 1.67. The second-order valence-corrected chi connectivity index (χ2v) is 6.22. The van der Waals surface area contributed by atoms with Crippen molar-refractivity contribution >= 4 is 17.3 Å². The monoisotopic (exact) mass is 371 g/mol. The fourth-order valence-electron chi connectivity index (χ4n) is 2.91. The molecular weight excluding hydrogens is 350 g/mol. The number of fused-ring (bicyclic) bond motifs is 1. The number of ether oxygens (including phenoxy) is 2. The Morgan fingerprint density at radius 2 is 2.04 bits per heavy atom. The normalized spacial score (nSPS) is 13.4. The molecule has 0 aromatic heterocycles. The molecule has 1 atom stereocenters. The zero-order valence-corrected chi connectivity index (χ0v) is 15.2. The first-order chi connectivity index (χ1) is 13.0. The standard InChI is InChI=1S/C19H21N3O5/c1-3-21(11-14-7-8-17-18(9-14)27-12-26-17)13(2)19(23)20-15-5-4-6-16(10-15)22(24)25/h4-10,13H,3,11-12H2,1-2H3,(H,20,23). The number of benzene rings is 2. The number of non-ortho nitro benzene ring substituents is 1. The smallest absolute Gasteiger partial charge is 0.271 e. The summed E-state index contributed by atoms with van der Waals surface area (Å²) in [6, 6.07) is 11.2. The molecule has 8 nitrogen and oxygen atoms in total. The molecule has 0 bridgehead atoms. The van der Waals surface area contributed by atoms with Gasteiger partial charge in [0.1, 0.15) is 0 Å². The highest BCUT2D eigenvalue weighted by atomic mass is 16.7. The summed E-state index contributed by atoms with van der Waals surface area (Å²) in [5, 5.41) is 13.6. The van der Waals surface area contributed by atoms with Crippen LogP contribution in [0.3, 0.4) is 0 Å². The molecule has 1 aliphatic rings. The second kappa shape index (κ2) is 8.05. The van der Waals surface area contributed by atoms with Crippen molar-refractivity contribution in [3.63, 3.8) is 0 Å². The maximum absolute atomic E-state index is 12.6. The molecule has 0 saturated heterocycles. The van der Waals surface area contributed by atoms with Crippen molar-refractivity contribution in [2.24, 2.45) is 0 Å². The molecule has 0 saturated carbocycles. The van der Waals surface area contributed by atoms with Crippen LogP contribution in [0.15, 0.2) is 42.5 Å². The zero-order valence-electron chi connectivity index (χ0n) is 15.2. The summed E-state index contributed by atoms with van der Waals surface area (Å²) >= 11 is 0. The molecule has 1 amide bonds. The third kappa shape index (κ3) is 4.35. The van der Waals surface area contributed by atoms with Gasteiger partial charge in [0.25, 0.3) is 5.69 Å². The molecule has 8 heteroatoms. The van der Waals surface area contributed by atoms with Crippen LogP contribution in [-0.4, -0.2) is 35.1 Å². The highest BCUT2D eigenvalue weighted by molar-refractivity contribution is 5.94. The lowest BCUT2D eigenvalue weighted by Gasteiger charge is -2.27. The number of nitro benzene ring substituents is 1. The number of likely N-dealkylation sites (N-methyl/N-ethyl adjacent to an activating group) is 1. The van der Waals surface area contributed by atoms with E-state index in [4.69, 9.17) is 9.47 Å². The van der Waals surface area contributed by atoms with Gasteiger partial charge in [-0.25, -0.2) is 0 Å². The van der Waals surface area contributed by atoms with Crippen molar-refractivity contribution in [1.82, 2.24) is 4.90 Å². The van der Waals surface area contributed by atoms with E-state index in [1.165, 1.54) is 12.1 Å². The maximum atomic E-state index is 12.6. The number of carbonyl (C=O) groups excluding carboxylic acids is 1. The number of nitrogens with one attached hydrogen (secondary N) is 1. The number of hydrogen-bond donors (Lipinski definition) is 1. The molecule has 1 heterocycles. The van der Waals surface area contributed by atoms with Crippen molar-refractivity contribution < 1.29 is 19.2 Å². The van der Waals surface area contributed by atoms with Crippen molar-refractivity contribution in [2.75, 3.05) is 18.7 Å². The third-order valence-corrected chi connectivity index (χ3v) is 4.48. The molecule has 1 unspecified atom stereocenters. The zero-order chi connectivity index (χ0) is 19.4. The molecule has 142 valence electrons. The molecule has 0 aliphatic carbocycles. The largest absolute Gasteiger partial charge is 0.454 e. The molecule has 0 spiro atoms. The minimum absolute atomic E-state index is 0.0619. The molecule has 2 aromatic carbocycles. The quantitative estimate of drug-likeness (QED) is 0.593. The van der Waals surface area contributed by atoms with E-state index in [1.54, 1.807) is 12.1 Å². The van der Waals surface area contributed by atoms with Gasteiger partial charge in [0.2, 0.25) is 12.7 Å². The van der Waals surface area contributed by atoms with Gasteiger partial charge in [-0.3, -0.25) is 19.8 Å². The Bertz CT molecular complexity index is 855. The van der Waals surface area contributed by atoms with Crippen molar-refractivity contribution in [2.45, 2.75) is 26.4 Å². The van der Waals surface area contributed by atoms with Crippen molar-refractivity contribution in [3.05, 3.63) is 58.1 Å². The van der Waals surface area contributed by atoms with Gasteiger partial charge >= 0.3 is 0 Å². The van der Waals surface area contributed by atoms with Gasteiger partial charge in [0.05, 0.1) is 11.0 Å². The van der Waals surface area contributed by atoms with Gasteiger partial charge in [0.15, 0.2) is 11.5 Å². The lowest BCUT2D eigenvalue weighted by Crippen LogP contribution is -2.41. The summed E-state index contributed by atoms with van der Waals surface area (Å²) in [6.07, 6.45) is 0. The van der Waals surface area contributed by atoms with E-state index < -0.39 is 11.0 Å². The van der Waals surface area contributed by atoms with E-state index in [0.29, 0.717) is 24.5 Å². The number of rotatable bonds is 7. The first kappa shape index (κ1) is 18.7. The SMILES string of the molecule is CCN(Cc1ccc2c(c1)OCO2)C(C)C(=O)Nc1cccc([N+](=O)[O-])c1. The lowest BCUT2D eigenvalue weighted by molar-refractivity contribution is -0.384. The van der Waals surface area contributed by atoms with Gasteiger partial charge in [0, 0.05) is 24.4 Å². The van der Waals surface area contributed by atoms with E-state index >= 15 is 0 Å². The predicted octanol–water partition coefficient (Wildman–Crippen LogP) is 3.17. The fraction of sp³-hybridized carbons (Fsp3) is 0.316. The maximum Gasteiger partial charge on any atom is 0.271 e. The third-order valence-electron chi connectivity index (χ3n) is 4.48. The van der Waals surface area contributed by atoms with Gasteiger partial charge < -0.3 is 14.8 Å². The van der Waals surface area contributed by atoms with E-state index in [-0.39, 0.29) is 18.4 Å². The van der Waals surface area contributed by atoms with Gasteiger partial charge in [-0.15, -0.1) is 0 Å². The van der Waals surface area contributed by atoms with Gasteiger partial charge in [-0.05, 0) is 37.2 Å². The highest BCUT2D eigenvalue weighted by Gasteiger charge is 2.22. The molecule has 1 N–H and O–H groups in total. The summed E-state index contributed by atoms with van der Waals surface area (Å²) < 4.78 is 10.7. The van der Waals surface area contributed by atoms with Crippen molar-refractivity contribution in [3.8, 4) is 11.5 Å². The molecule has 3 rings (SSSR count). The second-order valence-electron chi connectivity index (χ2n) is 6.22.